The van der Waals surface area contributed by atoms with Gasteiger partial charge in [-0.3, -0.25) is 4.79 Å². The summed E-state index contributed by atoms with van der Waals surface area (Å²) in [5.74, 6) is 0.282. The van der Waals surface area contributed by atoms with Crippen molar-refractivity contribution in [1.29, 1.82) is 0 Å². The van der Waals surface area contributed by atoms with Gasteiger partial charge in [-0.1, -0.05) is 25.7 Å². The van der Waals surface area contributed by atoms with Crippen molar-refractivity contribution < 1.29 is 4.79 Å². The van der Waals surface area contributed by atoms with Gasteiger partial charge in [0.15, 0.2) is 0 Å². The summed E-state index contributed by atoms with van der Waals surface area (Å²) in [6.45, 7) is 0.795. The van der Waals surface area contributed by atoms with Crippen LogP contribution in [0.1, 0.15) is 44.9 Å². The first-order valence-corrected chi connectivity index (χ1v) is 5.82. The number of likely N-dealkylation sites (tertiary alicyclic amines) is 1. The van der Waals surface area contributed by atoms with Gasteiger partial charge in [-0.25, -0.2) is 0 Å². The molecule has 2 rings (SSSR count). The Labute approximate surface area is 85.6 Å². The molecule has 0 aromatic rings. The van der Waals surface area contributed by atoms with E-state index in [0.29, 0.717) is 12.5 Å². The second-order valence-corrected chi connectivity index (χ2v) is 4.66. The molecule has 1 heterocycles. The molecule has 0 bridgehead atoms. The SMILES string of the molecule is N[C@@H]1CC(=O)N(C2CCCCCC2)C1. The standard InChI is InChI=1S/C11H20N2O/c12-9-7-11(14)13(8-9)10-5-3-1-2-4-6-10/h9-10H,1-8,12H2/t9-/m1/s1. The highest BCUT2D eigenvalue weighted by atomic mass is 16.2. The molecule has 0 aromatic heterocycles. The second kappa shape index (κ2) is 4.30. The Bertz CT molecular complexity index is 209. The van der Waals surface area contributed by atoms with Crippen molar-refractivity contribution >= 4 is 5.91 Å². The summed E-state index contributed by atoms with van der Waals surface area (Å²) in [6, 6.07) is 0.587. The molecule has 3 nitrogen and oxygen atoms in total. The molecule has 1 amide bonds. The predicted octanol–water partition coefficient (Wildman–Crippen LogP) is 1.27. The van der Waals surface area contributed by atoms with Crippen LogP contribution in [0.25, 0.3) is 0 Å². The van der Waals surface area contributed by atoms with Crippen molar-refractivity contribution in [2.75, 3.05) is 6.54 Å². The Morgan fingerprint density at radius 2 is 1.79 bits per heavy atom. The number of hydrogen-bond acceptors (Lipinski definition) is 2. The molecular formula is C11H20N2O. The Balaban J connectivity index is 1.95. The summed E-state index contributed by atoms with van der Waals surface area (Å²) in [7, 11) is 0. The van der Waals surface area contributed by atoms with Gasteiger partial charge in [0.05, 0.1) is 0 Å². The van der Waals surface area contributed by atoms with Crippen LogP contribution in [-0.4, -0.2) is 29.4 Å². The molecule has 3 heteroatoms. The average Bonchev–Trinajstić information content (AvgIpc) is 2.43. The maximum absolute atomic E-state index is 11.6. The third-order valence-corrected chi connectivity index (χ3v) is 3.45. The number of rotatable bonds is 1. The minimum atomic E-state index is 0.0887. The van der Waals surface area contributed by atoms with E-state index in [9.17, 15) is 4.79 Å². The molecule has 1 saturated carbocycles. The highest BCUT2D eigenvalue weighted by Gasteiger charge is 2.32. The normalized spacial score (nSPS) is 30.8. The number of carbonyl (C=O) groups is 1. The van der Waals surface area contributed by atoms with Crippen LogP contribution in [0.4, 0.5) is 0 Å². The molecule has 0 aromatic carbocycles. The molecule has 2 aliphatic rings. The Kier molecular flexibility index (Phi) is 3.06. The zero-order valence-corrected chi connectivity index (χ0v) is 8.74. The summed E-state index contributed by atoms with van der Waals surface area (Å²) in [5.41, 5.74) is 5.80. The average molecular weight is 196 g/mol. The summed E-state index contributed by atoms with van der Waals surface area (Å²) in [6.07, 6.45) is 8.19. The first-order valence-electron chi connectivity index (χ1n) is 5.82. The van der Waals surface area contributed by atoms with Crippen LogP contribution in [0.15, 0.2) is 0 Å². The molecule has 1 saturated heterocycles. The topological polar surface area (TPSA) is 46.3 Å². The van der Waals surface area contributed by atoms with Gasteiger partial charge in [0.25, 0.3) is 0 Å². The van der Waals surface area contributed by atoms with Crippen LogP contribution in [0, 0.1) is 0 Å². The number of nitrogens with zero attached hydrogens (tertiary/aromatic N) is 1. The molecule has 80 valence electrons. The number of nitrogens with two attached hydrogens (primary N) is 1. The smallest absolute Gasteiger partial charge is 0.224 e. The molecule has 0 radical (unpaired) electrons. The van der Waals surface area contributed by atoms with Crippen LogP contribution in [0.2, 0.25) is 0 Å². The van der Waals surface area contributed by atoms with E-state index in [1.54, 1.807) is 0 Å². The van der Waals surface area contributed by atoms with Gasteiger partial charge in [0.2, 0.25) is 5.91 Å². The Morgan fingerprint density at radius 3 is 2.29 bits per heavy atom. The molecule has 0 unspecified atom stereocenters. The van der Waals surface area contributed by atoms with E-state index in [4.69, 9.17) is 5.73 Å². The minimum Gasteiger partial charge on any atom is -0.338 e. The Hall–Kier alpha value is -0.570. The van der Waals surface area contributed by atoms with Gasteiger partial charge in [-0.15, -0.1) is 0 Å². The van der Waals surface area contributed by atoms with Crippen molar-refractivity contribution in [3.05, 3.63) is 0 Å². The predicted molar refractivity (Wildman–Crippen MR) is 55.8 cm³/mol. The van der Waals surface area contributed by atoms with E-state index < -0.39 is 0 Å². The van der Waals surface area contributed by atoms with Crippen molar-refractivity contribution in [3.63, 3.8) is 0 Å². The zero-order valence-electron chi connectivity index (χ0n) is 8.74. The van der Waals surface area contributed by atoms with Crippen molar-refractivity contribution in [3.8, 4) is 0 Å². The van der Waals surface area contributed by atoms with Crippen molar-refractivity contribution in [1.82, 2.24) is 4.90 Å². The lowest BCUT2D eigenvalue weighted by Gasteiger charge is -2.26. The maximum atomic E-state index is 11.6. The molecule has 1 aliphatic carbocycles. The quantitative estimate of drug-likeness (QED) is 0.642. The largest absolute Gasteiger partial charge is 0.338 e. The van der Waals surface area contributed by atoms with Crippen LogP contribution in [0.3, 0.4) is 0 Å². The van der Waals surface area contributed by atoms with E-state index in [1.807, 2.05) is 4.90 Å². The lowest BCUT2D eigenvalue weighted by Crippen LogP contribution is -2.37. The first kappa shape index (κ1) is 9.97. The van der Waals surface area contributed by atoms with E-state index >= 15 is 0 Å². The van der Waals surface area contributed by atoms with Gasteiger partial charge in [0.1, 0.15) is 0 Å². The summed E-state index contributed by atoms with van der Waals surface area (Å²) in [5, 5.41) is 0. The Morgan fingerprint density at radius 1 is 1.14 bits per heavy atom. The first-order chi connectivity index (χ1) is 6.77. The molecule has 1 aliphatic heterocycles. The van der Waals surface area contributed by atoms with Crippen LogP contribution >= 0.6 is 0 Å². The van der Waals surface area contributed by atoms with E-state index in [1.165, 1.54) is 38.5 Å². The summed E-state index contributed by atoms with van der Waals surface area (Å²) < 4.78 is 0. The number of carbonyl (C=O) groups excluding carboxylic acids is 1. The van der Waals surface area contributed by atoms with Crippen LogP contribution in [-0.2, 0) is 4.79 Å². The molecule has 1 atom stereocenters. The van der Waals surface area contributed by atoms with E-state index in [2.05, 4.69) is 0 Å². The van der Waals surface area contributed by atoms with E-state index in [0.717, 1.165) is 6.54 Å². The van der Waals surface area contributed by atoms with Gasteiger partial charge in [-0.2, -0.15) is 0 Å². The van der Waals surface area contributed by atoms with Crippen molar-refractivity contribution in [2.45, 2.75) is 57.0 Å². The molecule has 0 spiro atoms. The molecule has 2 N–H and O–H groups in total. The third kappa shape index (κ3) is 2.08. The van der Waals surface area contributed by atoms with Gasteiger partial charge in [0, 0.05) is 25.0 Å². The third-order valence-electron chi connectivity index (χ3n) is 3.45. The fraction of sp³-hybridized carbons (Fsp3) is 0.909. The highest BCUT2D eigenvalue weighted by molar-refractivity contribution is 5.79. The van der Waals surface area contributed by atoms with E-state index in [-0.39, 0.29) is 11.9 Å². The number of amides is 1. The highest BCUT2D eigenvalue weighted by Crippen LogP contribution is 2.25. The van der Waals surface area contributed by atoms with Crippen LogP contribution < -0.4 is 5.73 Å². The van der Waals surface area contributed by atoms with Crippen molar-refractivity contribution in [2.24, 2.45) is 5.73 Å². The zero-order chi connectivity index (χ0) is 9.97. The monoisotopic (exact) mass is 196 g/mol. The fourth-order valence-electron chi connectivity index (χ4n) is 2.68. The van der Waals surface area contributed by atoms with Gasteiger partial charge >= 0.3 is 0 Å². The second-order valence-electron chi connectivity index (χ2n) is 4.66. The van der Waals surface area contributed by atoms with Gasteiger partial charge in [-0.05, 0) is 12.8 Å². The summed E-state index contributed by atoms with van der Waals surface area (Å²) >= 11 is 0. The lowest BCUT2D eigenvalue weighted by atomic mass is 10.1. The molecule has 14 heavy (non-hydrogen) atoms. The van der Waals surface area contributed by atoms with Crippen LogP contribution in [0.5, 0.6) is 0 Å². The minimum absolute atomic E-state index is 0.0887. The summed E-state index contributed by atoms with van der Waals surface area (Å²) in [4.78, 5) is 13.7. The molecular weight excluding hydrogens is 176 g/mol. The van der Waals surface area contributed by atoms with Gasteiger partial charge < -0.3 is 10.6 Å². The number of hydrogen-bond donors (Lipinski definition) is 1. The lowest BCUT2D eigenvalue weighted by molar-refractivity contribution is -0.129. The molecule has 2 fully saturated rings. The maximum Gasteiger partial charge on any atom is 0.224 e. The fourth-order valence-corrected chi connectivity index (χ4v) is 2.68.